The highest BCUT2D eigenvalue weighted by molar-refractivity contribution is 5.73. The average molecular weight is 266 g/mol. The molecule has 1 fully saturated rings. The molecule has 0 heterocycles. The van der Waals surface area contributed by atoms with Gasteiger partial charge < -0.3 is 15.4 Å². The molecule has 1 aliphatic carbocycles. The van der Waals surface area contributed by atoms with Gasteiger partial charge in [0.2, 0.25) is 0 Å². The van der Waals surface area contributed by atoms with Gasteiger partial charge in [-0.1, -0.05) is 12.8 Å². The Morgan fingerprint density at radius 1 is 1.37 bits per heavy atom. The lowest BCUT2D eigenvalue weighted by Crippen LogP contribution is -2.35. The third-order valence-corrected chi connectivity index (χ3v) is 3.15. The molecule has 2 rings (SSSR count). The number of hydrogen-bond acceptors (Lipinski definition) is 2. The molecule has 1 aromatic rings. The van der Waals surface area contributed by atoms with E-state index in [1.807, 2.05) is 0 Å². The topological polar surface area (TPSA) is 50.4 Å². The number of hydrogen-bond donors (Lipinski definition) is 2. The number of halogens is 1. The highest BCUT2D eigenvalue weighted by Gasteiger charge is 2.20. The lowest BCUT2D eigenvalue weighted by atomic mass is 10.2. The smallest absolute Gasteiger partial charge is 0.315 e. The Bertz CT molecular complexity index is 447. The summed E-state index contributed by atoms with van der Waals surface area (Å²) >= 11 is 0. The van der Waals surface area contributed by atoms with Crippen LogP contribution in [0.3, 0.4) is 0 Å². The van der Waals surface area contributed by atoms with Crippen LogP contribution in [0.5, 0.6) is 5.75 Å². The normalized spacial score (nSPS) is 14.0. The third kappa shape index (κ3) is 4.77. The molecular formula is C14H19FN2O2. The van der Waals surface area contributed by atoms with Gasteiger partial charge in [-0.15, -0.1) is 0 Å². The maximum Gasteiger partial charge on any atom is 0.315 e. The second-order valence-electron chi connectivity index (χ2n) is 4.84. The Kier molecular flexibility index (Phi) is 4.60. The molecule has 1 aromatic carbocycles. The van der Waals surface area contributed by atoms with Crippen molar-refractivity contribution in [2.75, 3.05) is 13.7 Å². The summed E-state index contributed by atoms with van der Waals surface area (Å²) in [5.74, 6) is 0.879. The van der Waals surface area contributed by atoms with Crippen molar-refractivity contribution in [3.63, 3.8) is 0 Å². The first-order chi connectivity index (χ1) is 9.17. The van der Waals surface area contributed by atoms with E-state index in [9.17, 15) is 9.18 Å². The maximum atomic E-state index is 13.2. The first kappa shape index (κ1) is 13.6. The summed E-state index contributed by atoms with van der Waals surface area (Å²) in [5, 5.41) is 5.49. The van der Waals surface area contributed by atoms with E-state index in [1.54, 1.807) is 6.07 Å². The van der Waals surface area contributed by atoms with Crippen LogP contribution in [0.15, 0.2) is 18.2 Å². The number of nitrogens with one attached hydrogen (secondary N) is 2. The molecule has 1 saturated carbocycles. The van der Waals surface area contributed by atoms with E-state index in [0.717, 1.165) is 12.3 Å². The van der Waals surface area contributed by atoms with Crippen LogP contribution in [0.2, 0.25) is 0 Å². The van der Waals surface area contributed by atoms with E-state index in [4.69, 9.17) is 4.74 Å². The average Bonchev–Trinajstić information content (AvgIpc) is 3.20. The van der Waals surface area contributed by atoms with Gasteiger partial charge in [0.05, 0.1) is 7.11 Å². The molecule has 0 saturated heterocycles. The molecule has 5 heteroatoms. The summed E-state index contributed by atoms with van der Waals surface area (Å²) in [7, 11) is 1.48. The fourth-order valence-corrected chi connectivity index (χ4v) is 1.88. The molecule has 0 unspecified atom stereocenters. The SMILES string of the molecule is COc1cc(F)cc(CNC(=O)NCCC2CC2)c1. The molecule has 104 valence electrons. The molecule has 1 aliphatic rings. The Labute approximate surface area is 112 Å². The lowest BCUT2D eigenvalue weighted by Gasteiger charge is -2.08. The number of carbonyl (C=O) groups is 1. The summed E-state index contributed by atoms with van der Waals surface area (Å²) in [6.07, 6.45) is 3.61. The van der Waals surface area contributed by atoms with Gasteiger partial charge in [-0.2, -0.15) is 0 Å². The molecule has 0 atom stereocenters. The minimum absolute atomic E-state index is 0.219. The van der Waals surface area contributed by atoms with Crippen LogP contribution in [-0.4, -0.2) is 19.7 Å². The number of ether oxygens (including phenoxy) is 1. The van der Waals surface area contributed by atoms with Crippen LogP contribution in [0.4, 0.5) is 9.18 Å². The highest BCUT2D eigenvalue weighted by Crippen LogP contribution is 2.31. The van der Waals surface area contributed by atoms with Crippen LogP contribution >= 0.6 is 0 Å². The first-order valence-corrected chi connectivity index (χ1v) is 6.52. The summed E-state index contributed by atoms with van der Waals surface area (Å²) in [6, 6.07) is 4.17. The van der Waals surface area contributed by atoms with Gasteiger partial charge in [0.25, 0.3) is 0 Å². The van der Waals surface area contributed by atoms with E-state index in [-0.39, 0.29) is 18.4 Å². The second kappa shape index (κ2) is 6.41. The molecule has 0 aromatic heterocycles. The summed E-state index contributed by atoms with van der Waals surface area (Å²) in [5.41, 5.74) is 0.675. The van der Waals surface area contributed by atoms with Gasteiger partial charge in [0, 0.05) is 19.2 Å². The van der Waals surface area contributed by atoms with Gasteiger partial charge in [0.15, 0.2) is 0 Å². The van der Waals surface area contributed by atoms with Crippen molar-refractivity contribution < 1.29 is 13.9 Å². The number of carbonyl (C=O) groups excluding carboxylic acids is 1. The summed E-state index contributed by atoms with van der Waals surface area (Å²) < 4.78 is 18.2. The van der Waals surface area contributed by atoms with Crippen molar-refractivity contribution in [2.24, 2.45) is 5.92 Å². The fourth-order valence-electron chi connectivity index (χ4n) is 1.88. The molecule has 4 nitrogen and oxygen atoms in total. The van der Waals surface area contributed by atoms with Crippen molar-refractivity contribution in [2.45, 2.75) is 25.8 Å². The maximum absolute atomic E-state index is 13.2. The van der Waals surface area contributed by atoms with Crippen molar-refractivity contribution >= 4 is 6.03 Å². The largest absolute Gasteiger partial charge is 0.497 e. The zero-order chi connectivity index (χ0) is 13.7. The van der Waals surface area contributed by atoms with E-state index >= 15 is 0 Å². The van der Waals surface area contributed by atoms with Crippen LogP contribution in [0.1, 0.15) is 24.8 Å². The van der Waals surface area contributed by atoms with Crippen LogP contribution in [0.25, 0.3) is 0 Å². The molecule has 19 heavy (non-hydrogen) atoms. The van der Waals surface area contributed by atoms with E-state index in [0.29, 0.717) is 17.9 Å². The molecule has 0 radical (unpaired) electrons. The standard InChI is InChI=1S/C14H19FN2O2/c1-19-13-7-11(6-12(15)8-13)9-17-14(18)16-5-4-10-2-3-10/h6-8,10H,2-5,9H2,1H3,(H2,16,17,18). The van der Waals surface area contributed by atoms with Gasteiger partial charge >= 0.3 is 6.03 Å². The van der Waals surface area contributed by atoms with Crippen LogP contribution in [-0.2, 0) is 6.54 Å². The van der Waals surface area contributed by atoms with Gasteiger partial charge in [-0.25, -0.2) is 9.18 Å². The Balaban J connectivity index is 1.73. The number of urea groups is 1. The number of methoxy groups -OCH3 is 1. The molecule has 0 aliphatic heterocycles. The second-order valence-corrected chi connectivity index (χ2v) is 4.84. The van der Waals surface area contributed by atoms with E-state index in [2.05, 4.69) is 10.6 Å². The van der Waals surface area contributed by atoms with Crippen LogP contribution < -0.4 is 15.4 Å². The summed E-state index contributed by atoms with van der Waals surface area (Å²) in [6.45, 7) is 0.979. The van der Waals surface area contributed by atoms with E-state index in [1.165, 1.54) is 32.1 Å². The Hall–Kier alpha value is -1.78. The van der Waals surface area contributed by atoms with Crippen molar-refractivity contribution in [1.82, 2.24) is 10.6 Å². The predicted molar refractivity (Wildman–Crippen MR) is 70.5 cm³/mol. The third-order valence-electron chi connectivity index (χ3n) is 3.15. The Morgan fingerprint density at radius 2 is 2.16 bits per heavy atom. The zero-order valence-electron chi connectivity index (χ0n) is 11.0. The van der Waals surface area contributed by atoms with Gasteiger partial charge in [-0.3, -0.25) is 0 Å². The lowest BCUT2D eigenvalue weighted by molar-refractivity contribution is 0.240. The highest BCUT2D eigenvalue weighted by atomic mass is 19.1. The first-order valence-electron chi connectivity index (χ1n) is 6.52. The predicted octanol–water partition coefficient (Wildman–Crippen LogP) is 2.43. The Morgan fingerprint density at radius 3 is 2.84 bits per heavy atom. The van der Waals surface area contributed by atoms with Crippen molar-refractivity contribution in [3.8, 4) is 5.75 Å². The monoisotopic (exact) mass is 266 g/mol. The quantitative estimate of drug-likeness (QED) is 0.831. The van der Waals surface area contributed by atoms with Crippen molar-refractivity contribution in [3.05, 3.63) is 29.6 Å². The molecule has 0 bridgehead atoms. The number of rotatable bonds is 6. The fraction of sp³-hybridized carbons (Fsp3) is 0.500. The van der Waals surface area contributed by atoms with Crippen molar-refractivity contribution in [1.29, 1.82) is 0 Å². The van der Waals surface area contributed by atoms with E-state index < -0.39 is 0 Å². The van der Waals surface area contributed by atoms with Gasteiger partial charge in [0.1, 0.15) is 11.6 Å². The summed E-state index contributed by atoms with van der Waals surface area (Å²) in [4.78, 5) is 11.5. The van der Waals surface area contributed by atoms with Crippen LogP contribution in [0, 0.1) is 11.7 Å². The molecule has 2 amide bonds. The minimum atomic E-state index is -0.370. The number of benzene rings is 1. The molecule has 0 spiro atoms. The minimum Gasteiger partial charge on any atom is -0.497 e. The van der Waals surface area contributed by atoms with Gasteiger partial charge in [-0.05, 0) is 30.0 Å². The molecule has 2 N–H and O–H groups in total. The number of amides is 2. The zero-order valence-corrected chi connectivity index (χ0v) is 11.0. The molecular weight excluding hydrogens is 247 g/mol.